The number of hydrogen-bond acceptors (Lipinski definition) is 4. The lowest BCUT2D eigenvalue weighted by Crippen LogP contribution is -2.49. The molecule has 0 aliphatic carbocycles. The van der Waals surface area contributed by atoms with Crippen LogP contribution in [0.1, 0.15) is 23.2 Å². The van der Waals surface area contributed by atoms with Gasteiger partial charge in [0.2, 0.25) is 0 Å². The summed E-state index contributed by atoms with van der Waals surface area (Å²) in [5.74, 6) is 0.0787. The van der Waals surface area contributed by atoms with E-state index in [9.17, 15) is 4.79 Å². The van der Waals surface area contributed by atoms with E-state index in [1.54, 1.807) is 0 Å². The molecule has 5 heteroatoms. The number of morpholine rings is 1. The van der Waals surface area contributed by atoms with Gasteiger partial charge in [-0.05, 0) is 31.0 Å². The first-order chi connectivity index (χ1) is 10.6. The van der Waals surface area contributed by atoms with Crippen molar-refractivity contribution in [2.45, 2.75) is 25.0 Å². The van der Waals surface area contributed by atoms with E-state index in [1.165, 1.54) is 0 Å². The molecule has 2 fully saturated rings. The summed E-state index contributed by atoms with van der Waals surface area (Å²) in [6.07, 6.45) is 2.27. The summed E-state index contributed by atoms with van der Waals surface area (Å²) in [6.45, 7) is 2.66. The maximum absolute atomic E-state index is 12.7. The van der Waals surface area contributed by atoms with Crippen molar-refractivity contribution in [3.8, 4) is 0 Å². The Morgan fingerprint density at radius 2 is 2.05 bits per heavy atom. The number of ether oxygens (including phenoxy) is 2. The first-order valence-electron chi connectivity index (χ1n) is 7.95. The number of nitrogens with zero attached hydrogens (tertiary/aromatic N) is 2. The Bertz CT molecular complexity index is 526. The number of anilines is 1. The van der Waals surface area contributed by atoms with E-state index in [-0.39, 0.29) is 18.1 Å². The Labute approximate surface area is 131 Å². The molecule has 0 saturated carbocycles. The highest BCUT2D eigenvalue weighted by atomic mass is 16.5. The maximum Gasteiger partial charge on any atom is 0.254 e. The van der Waals surface area contributed by atoms with Crippen LogP contribution in [0.25, 0.3) is 0 Å². The third kappa shape index (κ3) is 3.25. The van der Waals surface area contributed by atoms with Crippen LogP contribution in [0.2, 0.25) is 0 Å². The van der Waals surface area contributed by atoms with Crippen molar-refractivity contribution in [1.82, 2.24) is 4.90 Å². The van der Waals surface area contributed by atoms with Gasteiger partial charge in [-0.3, -0.25) is 4.79 Å². The lowest BCUT2D eigenvalue weighted by Gasteiger charge is -2.35. The number of amides is 1. The molecule has 0 unspecified atom stereocenters. The zero-order valence-electron chi connectivity index (χ0n) is 13.3. The quantitative estimate of drug-likeness (QED) is 0.853. The Balaban J connectivity index is 1.69. The summed E-state index contributed by atoms with van der Waals surface area (Å²) in [6, 6.07) is 7.76. The van der Waals surface area contributed by atoms with Crippen LogP contribution in [0.3, 0.4) is 0 Å². The van der Waals surface area contributed by atoms with Crippen LogP contribution in [0.5, 0.6) is 0 Å². The molecule has 3 rings (SSSR count). The monoisotopic (exact) mass is 304 g/mol. The Hall–Kier alpha value is -1.59. The van der Waals surface area contributed by atoms with E-state index in [1.807, 2.05) is 48.2 Å². The van der Waals surface area contributed by atoms with Gasteiger partial charge in [-0.2, -0.15) is 0 Å². The van der Waals surface area contributed by atoms with Gasteiger partial charge in [0, 0.05) is 45.0 Å². The molecule has 2 saturated heterocycles. The van der Waals surface area contributed by atoms with Crippen LogP contribution in [-0.2, 0) is 9.47 Å². The van der Waals surface area contributed by atoms with E-state index in [4.69, 9.17) is 9.47 Å². The Kier molecular flexibility index (Phi) is 4.64. The molecule has 1 aromatic rings. The third-order valence-corrected chi connectivity index (χ3v) is 4.37. The van der Waals surface area contributed by atoms with Gasteiger partial charge in [0.25, 0.3) is 5.91 Å². The second kappa shape index (κ2) is 6.67. The van der Waals surface area contributed by atoms with E-state index >= 15 is 0 Å². The van der Waals surface area contributed by atoms with Crippen LogP contribution in [0, 0.1) is 0 Å². The summed E-state index contributed by atoms with van der Waals surface area (Å²) in [5.41, 5.74) is 1.77. The van der Waals surface area contributed by atoms with Crippen molar-refractivity contribution in [1.29, 1.82) is 0 Å². The summed E-state index contributed by atoms with van der Waals surface area (Å²) in [4.78, 5) is 16.6. The van der Waals surface area contributed by atoms with Crippen molar-refractivity contribution in [2.24, 2.45) is 0 Å². The number of rotatable bonds is 3. The fourth-order valence-corrected chi connectivity index (χ4v) is 3.08. The molecule has 0 spiro atoms. The van der Waals surface area contributed by atoms with Crippen molar-refractivity contribution >= 4 is 11.6 Å². The molecule has 2 aliphatic heterocycles. The summed E-state index contributed by atoms with van der Waals surface area (Å²) >= 11 is 0. The SMILES string of the molecule is CN(C)c1cccc(C(=O)N2CCO[C@H]([C@@H]3CCCO3)C2)c1. The summed E-state index contributed by atoms with van der Waals surface area (Å²) in [7, 11) is 3.96. The Morgan fingerprint density at radius 3 is 2.77 bits per heavy atom. The first kappa shape index (κ1) is 15.3. The summed E-state index contributed by atoms with van der Waals surface area (Å²) in [5, 5.41) is 0. The predicted molar refractivity (Wildman–Crippen MR) is 85.4 cm³/mol. The van der Waals surface area contributed by atoms with Crippen molar-refractivity contribution in [3.05, 3.63) is 29.8 Å². The molecule has 120 valence electrons. The van der Waals surface area contributed by atoms with Crippen LogP contribution < -0.4 is 4.90 Å². The second-order valence-electron chi connectivity index (χ2n) is 6.16. The molecule has 1 amide bonds. The van der Waals surface area contributed by atoms with Crippen molar-refractivity contribution < 1.29 is 14.3 Å². The molecule has 2 heterocycles. The van der Waals surface area contributed by atoms with E-state index in [0.717, 1.165) is 30.7 Å². The number of benzene rings is 1. The average molecular weight is 304 g/mol. The molecule has 22 heavy (non-hydrogen) atoms. The molecule has 2 aliphatic rings. The van der Waals surface area contributed by atoms with Crippen LogP contribution in [0.15, 0.2) is 24.3 Å². The minimum Gasteiger partial charge on any atom is -0.378 e. The van der Waals surface area contributed by atoms with Gasteiger partial charge in [-0.25, -0.2) is 0 Å². The zero-order chi connectivity index (χ0) is 15.5. The van der Waals surface area contributed by atoms with Gasteiger partial charge in [-0.15, -0.1) is 0 Å². The molecule has 2 atom stereocenters. The standard InChI is InChI=1S/C17H24N2O3/c1-18(2)14-6-3-5-13(11-14)17(20)19-8-10-22-16(12-19)15-7-4-9-21-15/h3,5-6,11,15-16H,4,7-10,12H2,1-2H3/t15-,16-/m0/s1. The minimum atomic E-state index is 0.0113. The van der Waals surface area contributed by atoms with Gasteiger partial charge in [-0.1, -0.05) is 6.07 Å². The lowest BCUT2D eigenvalue weighted by molar-refractivity contribution is -0.0867. The van der Waals surface area contributed by atoms with E-state index < -0.39 is 0 Å². The molecule has 5 nitrogen and oxygen atoms in total. The minimum absolute atomic E-state index is 0.0113. The van der Waals surface area contributed by atoms with Gasteiger partial charge < -0.3 is 19.3 Å². The number of hydrogen-bond donors (Lipinski definition) is 0. The van der Waals surface area contributed by atoms with Crippen LogP contribution in [-0.4, -0.2) is 63.4 Å². The highest BCUT2D eigenvalue weighted by molar-refractivity contribution is 5.95. The summed E-state index contributed by atoms with van der Waals surface area (Å²) < 4.78 is 11.5. The molecule has 0 bridgehead atoms. The van der Waals surface area contributed by atoms with Gasteiger partial charge >= 0.3 is 0 Å². The second-order valence-corrected chi connectivity index (χ2v) is 6.16. The number of carbonyl (C=O) groups is 1. The predicted octanol–water partition coefficient (Wildman–Crippen LogP) is 1.77. The van der Waals surface area contributed by atoms with Crippen LogP contribution in [0.4, 0.5) is 5.69 Å². The first-order valence-corrected chi connectivity index (χ1v) is 7.95. The zero-order valence-corrected chi connectivity index (χ0v) is 13.3. The van der Waals surface area contributed by atoms with E-state index in [0.29, 0.717) is 19.7 Å². The van der Waals surface area contributed by atoms with E-state index in [2.05, 4.69) is 0 Å². The fourth-order valence-electron chi connectivity index (χ4n) is 3.08. The van der Waals surface area contributed by atoms with Crippen LogP contribution >= 0.6 is 0 Å². The number of carbonyl (C=O) groups excluding carboxylic acids is 1. The smallest absolute Gasteiger partial charge is 0.254 e. The third-order valence-electron chi connectivity index (χ3n) is 4.37. The fraction of sp³-hybridized carbons (Fsp3) is 0.588. The highest BCUT2D eigenvalue weighted by Gasteiger charge is 2.33. The topological polar surface area (TPSA) is 42.0 Å². The van der Waals surface area contributed by atoms with Gasteiger partial charge in [0.15, 0.2) is 0 Å². The molecule has 1 aromatic carbocycles. The van der Waals surface area contributed by atoms with Crippen molar-refractivity contribution in [2.75, 3.05) is 45.3 Å². The van der Waals surface area contributed by atoms with Crippen molar-refractivity contribution in [3.63, 3.8) is 0 Å². The lowest BCUT2D eigenvalue weighted by atomic mass is 10.1. The average Bonchev–Trinajstić information content (AvgIpc) is 3.09. The Morgan fingerprint density at radius 1 is 1.23 bits per heavy atom. The molecule has 0 N–H and O–H groups in total. The molecular weight excluding hydrogens is 280 g/mol. The highest BCUT2D eigenvalue weighted by Crippen LogP contribution is 2.22. The normalized spacial score (nSPS) is 25.3. The van der Waals surface area contributed by atoms with Gasteiger partial charge in [0.05, 0.1) is 12.7 Å². The molecular formula is C17H24N2O3. The molecule has 0 aromatic heterocycles. The van der Waals surface area contributed by atoms with Gasteiger partial charge in [0.1, 0.15) is 6.10 Å². The molecule has 0 radical (unpaired) electrons. The largest absolute Gasteiger partial charge is 0.378 e. The maximum atomic E-state index is 12.7.